The zero-order chi connectivity index (χ0) is 10.2. The van der Waals surface area contributed by atoms with Crippen LogP contribution in [0.25, 0.3) is 0 Å². The van der Waals surface area contributed by atoms with Crippen molar-refractivity contribution in [1.82, 2.24) is 12.3 Å². The highest BCUT2D eigenvalue weighted by Crippen LogP contribution is 2.35. The molecule has 0 aromatic carbocycles. The Hall–Kier alpha value is 0.0300. The largest absolute Gasteiger partial charge is 0.469 e. The summed E-state index contributed by atoms with van der Waals surface area (Å²) >= 11 is 0. The van der Waals surface area contributed by atoms with Gasteiger partial charge < -0.3 is 22.1 Å². The lowest BCUT2D eigenvalue weighted by atomic mass is 10.1. The van der Waals surface area contributed by atoms with Crippen LogP contribution in [0.2, 0.25) is 0 Å². The minimum atomic E-state index is -4.23. The van der Waals surface area contributed by atoms with Gasteiger partial charge in [0.1, 0.15) is 0 Å². The minimum absolute atomic E-state index is 0. The second-order valence-corrected chi connectivity index (χ2v) is 4.33. The molecule has 0 aromatic heterocycles. The predicted octanol–water partition coefficient (Wildman–Crippen LogP) is 2.78. The summed E-state index contributed by atoms with van der Waals surface area (Å²) in [5, 5.41) is 0. The van der Waals surface area contributed by atoms with Crippen molar-refractivity contribution in [3.63, 3.8) is 0 Å². The van der Waals surface area contributed by atoms with Gasteiger partial charge in [-0.15, -0.1) is 0 Å². The van der Waals surface area contributed by atoms with Crippen LogP contribution in [0.15, 0.2) is 0 Å². The van der Waals surface area contributed by atoms with E-state index in [4.69, 9.17) is 9.79 Å². The fraction of sp³-hybridized carbons (Fsp3) is 1.00. The van der Waals surface area contributed by atoms with E-state index in [1.165, 1.54) is 19.3 Å². The first kappa shape index (κ1) is 20.4. The normalized spacial score (nSPS) is 10.3. The lowest BCUT2D eigenvalue weighted by Gasteiger charge is -2.04. The molecule has 0 aliphatic rings. The van der Waals surface area contributed by atoms with Gasteiger partial charge in [-0.1, -0.05) is 39.0 Å². The fourth-order valence-electron chi connectivity index (χ4n) is 1.07. The van der Waals surface area contributed by atoms with Crippen molar-refractivity contribution in [3.05, 3.63) is 0 Å². The Bertz CT molecular complexity index is 163. The molecule has 7 heteroatoms. The van der Waals surface area contributed by atoms with Gasteiger partial charge in [-0.2, -0.15) is 0 Å². The summed E-state index contributed by atoms with van der Waals surface area (Å²) < 4.78 is 14.5. The van der Waals surface area contributed by atoms with Gasteiger partial charge in [0.05, 0.1) is 6.61 Å². The van der Waals surface area contributed by atoms with Gasteiger partial charge in [0.15, 0.2) is 0 Å². The molecule has 0 aromatic rings. The van der Waals surface area contributed by atoms with Crippen LogP contribution in [0.1, 0.15) is 45.4 Å². The van der Waals surface area contributed by atoms with Crippen molar-refractivity contribution in [2.45, 2.75) is 45.4 Å². The van der Waals surface area contributed by atoms with Gasteiger partial charge in [-0.3, -0.25) is 4.52 Å². The summed E-state index contributed by atoms with van der Waals surface area (Å²) in [7, 11) is -4.23. The highest BCUT2D eigenvalue weighted by Gasteiger charge is 2.12. The van der Waals surface area contributed by atoms with E-state index in [1.54, 1.807) is 0 Å². The van der Waals surface area contributed by atoms with E-state index in [2.05, 4.69) is 11.4 Å². The van der Waals surface area contributed by atoms with E-state index in [-0.39, 0.29) is 18.9 Å². The summed E-state index contributed by atoms with van der Waals surface area (Å²) in [6.45, 7) is 2.31. The quantitative estimate of drug-likeness (QED) is 0.382. The van der Waals surface area contributed by atoms with Crippen LogP contribution in [0, 0.1) is 0 Å². The molecule has 0 aliphatic carbocycles. The monoisotopic (exact) mass is 244 g/mol. The molecule has 0 spiro atoms. The molecule has 0 amide bonds. The second kappa shape index (κ2) is 12.1. The van der Waals surface area contributed by atoms with Crippen LogP contribution < -0.4 is 12.3 Å². The maximum absolute atomic E-state index is 10.2. The molecule has 0 fully saturated rings. The molecule has 0 saturated carbocycles. The van der Waals surface area contributed by atoms with Crippen LogP contribution in [-0.2, 0) is 9.09 Å². The SMILES string of the molecule is CCCCCCCCOP(=O)(O)O.N.N. The molecule has 0 bridgehead atoms. The molecular weight excluding hydrogens is 219 g/mol. The van der Waals surface area contributed by atoms with Crippen LogP contribution >= 0.6 is 7.82 Å². The Labute approximate surface area is 91.8 Å². The molecule has 6 nitrogen and oxygen atoms in total. The van der Waals surface area contributed by atoms with E-state index in [0.29, 0.717) is 0 Å². The third kappa shape index (κ3) is 20.2. The molecular formula is C8H25N2O4P. The lowest BCUT2D eigenvalue weighted by molar-refractivity contribution is 0.193. The first-order chi connectivity index (χ1) is 6.06. The van der Waals surface area contributed by atoms with Gasteiger partial charge in [-0.25, -0.2) is 4.57 Å². The van der Waals surface area contributed by atoms with Crippen molar-refractivity contribution >= 4 is 7.82 Å². The van der Waals surface area contributed by atoms with Crippen molar-refractivity contribution < 1.29 is 18.9 Å². The molecule has 0 aliphatic heterocycles. The third-order valence-electron chi connectivity index (χ3n) is 1.76. The highest BCUT2D eigenvalue weighted by molar-refractivity contribution is 7.46. The molecule has 0 rings (SSSR count). The first-order valence-corrected chi connectivity index (χ1v) is 6.29. The van der Waals surface area contributed by atoms with E-state index in [0.717, 1.165) is 19.3 Å². The zero-order valence-electron chi connectivity index (χ0n) is 9.52. The van der Waals surface area contributed by atoms with Gasteiger partial charge in [0, 0.05) is 0 Å². The van der Waals surface area contributed by atoms with Gasteiger partial charge >= 0.3 is 7.82 Å². The molecule has 0 saturated heterocycles. The fourth-order valence-corrected chi connectivity index (χ4v) is 1.43. The number of unbranched alkanes of at least 4 members (excludes halogenated alkanes) is 5. The average Bonchev–Trinajstić information content (AvgIpc) is 2.01. The Morgan fingerprint density at radius 1 is 1.00 bits per heavy atom. The van der Waals surface area contributed by atoms with E-state index in [9.17, 15) is 4.57 Å². The number of phosphoric ester groups is 1. The Morgan fingerprint density at radius 3 is 1.93 bits per heavy atom. The third-order valence-corrected chi connectivity index (χ3v) is 2.28. The lowest BCUT2D eigenvalue weighted by Crippen LogP contribution is -1.92. The molecule has 8 N–H and O–H groups in total. The molecule has 0 radical (unpaired) electrons. The Kier molecular flexibility index (Phi) is 16.5. The molecule has 0 unspecified atom stereocenters. The Morgan fingerprint density at radius 2 is 1.47 bits per heavy atom. The first-order valence-electron chi connectivity index (χ1n) is 4.76. The average molecular weight is 244 g/mol. The second-order valence-electron chi connectivity index (χ2n) is 3.09. The van der Waals surface area contributed by atoms with Crippen molar-refractivity contribution in [1.29, 1.82) is 0 Å². The maximum Gasteiger partial charge on any atom is 0.469 e. The van der Waals surface area contributed by atoms with E-state index >= 15 is 0 Å². The van der Waals surface area contributed by atoms with E-state index < -0.39 is 7.82 Å². The van der Waals surface area contributed by atoms with Crippen LogP contribution in [0.5, 0.6) is 0 Å². The van der Waals surface area contributed by atoms with Crippen LogP contribution in [0.3, 0.4) is 0 Å². The standard InChI is InChI=1S/C8H19O4P.2H3N/c1-2-3-4-5-6-7-8-12-13(9,10)11;;/h2-8H2,1H3,(H2,9,10,11);2*1H3. The van der Waals surface area contributed by atoms with Crippen LogP contribution in [0.4, 0.5) is 0 Å². The summed E-state index contributed by atoms with van der Waals surface area (Å²) in [4.78, 5) is 16.7. The summed E-state index contributed by atoms with van der Waals surface area (Å²) in [5.41, 5.74) is 0. The number of rotatable bonds is 8. The highest BCUT2D eigenvalue weighted by atomic mass is 31.2. The smallest absolute Gasteiger partial charge is 0.344 e. The summed E-state index contributed by atoms with van der Waals surface area (Å²) in [6.07, 6.45) is 6.48. The van der Waals surface area contributed by atoms with Crippen molar-refractivity contribution in [2.24, 2.45) is 0 Å². The molecule has 0 atom stereocenters. The Balaban J connectivity index is -0.000000720. The molecule has 15 heavy (non-hydrogen) atoms. The number of hydrogen-bond donors (Lipinski definition) is 4. The summed E-state index contributed by atoms with van der Waals surface area (Å²) in [5.74, 6) is 0. The predicted molar refractivity (Wildman–Crippen MR) is 61.4 cm³/mol. The number of phosphoric acid groups is 1. The maximum atomic E-state index is 10.2. The van der Waals surface area contributed by atoms with Crippen molar-refractivity contribution in [3.8, 4) is 0 Å². The molecule has 0 heterocycles. The minimum Gasteiger partial charge on any atom is -0.344 e. The summed E-state index contributed by atoms with van der Waals surface area (Å²) in [6, 6.07) is 0. The molecule has 96 valence electrons. The zero-order valence-corrected chi connectivity index (χ0v) is 10.4. The van der Waals surface area contributed by atoms with Gasteiger partial charge in [0.2, 0.25) is 0 Å². The van der Waals surface area contributed by atoms with E-state index in [1.807, 2.05) is 0 Å². The van der Waals surface area contributed by atoms with Gasteiger partial charge in [-0.05, 0) is 6.42 Å². The van der Waals surface area contributed by atoms with Gasteiger partial charge in [0.25, 0.3) is 0 Å². The topological polar surface area (TPSA) is 137 Å². The van der Waals surface area contributed by atoms with Crippen molar-refractivity contribution in [2.75, 3.05) is 6.61 Å². The van der Waals surface area contributed by atoms with Crippen LogP contribution in [-0.4, -0.2) is 16.4 Å². The number of hydrogen-bond acceptors (Lipinski definition) is 4.